The smallest absolute Gasteiger partial charge is 0.253 e. The molecule has 0 saturated carbocycles. The number of aryl methyl sites for hydroxylation is 1. The molecule has 6 nitrogen and oxygen atoms in total. The van der Waals surface area contributed by atoms with E-state index in [1.165, 1.54) is 0 Å². The number of nitrogens with one attached hydrogen (secondary N) is 1. The molecule has 3 rings (SSSR count). The number of ether oxygens (including phenoxy) is 1. The highest BCUT2D eigenvalue weighted by atomic mass is 16.5. The molecule has 142 valence electrons. The summed E-state index contributed by atoms with van der Waals surface area (Å²) in [7, 11) is 1.65. The molecule has 0 bridgehead atoms. The lowest BCUT2D eigenvalue weighted by Gasteiger charge is -2.31. The molecular weight excluding hydrogens is 342 g/mol. The molecule has 2 aromatic rings. The third-order valence-corrected chi connectivity index (χ3v) is 4.83. The van der Waals surface area contributed by atoms with E-state index in [2.05, 4.69) is 10.3 Å². The predicted molar refractivity (Wildman–Crippen MR) is 103 cm³/mol. The summed E-state index contributed by atoms with van der Waals surface area (Å²) in [6.45, 7) is 3.65. The fraction of sp³-hybridized carbons (Fsp3) is 0.381. The van der Waals surface area contributed by atoms with E-state index in [0.29, 0.717) is 43.9 Å². The van der Waals surface area contributed by atoms with Crippen LogP contribution < -0.4 is 5.32 Å². The summed E-state index contributed by atoms with van der Waals surface area (Å²) in [6, 6.07) is 11.2. The van der Waals surface area contributed by atoms with Crippen LogP contribution in [-0.4, -0.2) is 41.9 Å². The minimum Gasteiger partial charge on any atom is -0.380 e. The molecule has 2 heterocycles. The molecule has 0 atom stereocenters. The minimum absolute atomic E-state index is 0.0121. The van der Waals surface area contributed by atoms with Crippen LogP contribution in [0.4, 0.5) is 5.82 Å². The van der Waals surface area contributed by atoms with Crippen molar-refractivity contribution in [1.29, 1.82) is 0 Å². The van der Waals surface area contributed by atoms with Crippen LogP contribution >= 0.6 is 0 Å². The molecule has 0 unspecified atom stereocenters. The molecule has 2 amide bonds. The molecule has 1 saturated heterocycles. The van der Waals surface area contributed by atoms with Gasteiger partial charge in [0, 0.05) is 37.9 Å². The van der Waals surface area contributed by atoms with Gasteiger partial charge in [0.25, 0.3) is 5.91 Å². The average Bonchev–Trinajstić information content (AvgIpc) is 2.70. The first-order chi connectivity index (χ1) is 13.1. The summed E-state index contributed by atoms with van der Waals surface area (Å²) in [4.78, 5) is 31.1. The summed E-state index contributed by atoms with van der Waals surface area (Å²) in [6.07, 6.45) is 3.05. The van der Waals surface area contributed by atoms with Gasteiger partial charge >= 0.3 is 0 Å². The number of amides is 2. The Balaban J connectivity index is 1.52. The van der Waals surface area contributed by atoms with E-state index in [9.17, 15) is 9.59 Å². The van der Waals surface area contributed by atoms with Crippen molar-refractivity contribution in [2.24, 2.45) is 5.92 Å². The summed E-state index contributed by atoms with van der Waals surface area (Å²) >= 11 is 0. The van der Waals surface area contributed by atoms with Crippen LogP contribution in [0.15, 0.2) is 42.6 Å². The Morgan fingerprint density at radius 3 is 2.44 bits per heavy atom. The van der Waals surface area contributed by atoms with Gasteiger partial charge < -0.3 is 15.0 Å². The lowest BCUT2D eigenvalue weighted by atomic mass is 9.95. The molecule has 6 heteroatoms. The second-order valence-electron chi connectivity index (χ2n) is 6.91. The number of pyridine rings is 1. The first kappa shape index (κ1) is 19.0. The number of anilines is 1. The number of benzene rings is 1. The largest absolute Gasteiger partial charge is 0.380 e. The summed E-state index contributed by atoms with van der Waals surface area (Å²) in [5, 5.41) is 2.87. The summed E-state index contributed by atoms with van der Waals surface area (Å²) in [5.74, 6) is 0.460. The molecule has 27 heavy (non-hydrogen) atoms. The maximum atomic E-state index is 12.7. The average molecular weight is 367 g/mol. The Bertz CT molecular complexity index is 779. The number of carbonyl (C=O) groups is 2. The van der Waals surface area contributed by atoms with Crippen molar-refractivity contribution in [1.82, 2.24) is 9.88 Å². The number of hydrogen-bond acceptors (Lipinski definition) is 4. The number of hydrogen-bond donors (Lipinski definition) is 1. The predicted octanol–water partition coefficient (Wildman–Crippen LogP) is 3.03. The highest BCUT2D eigenvalue weighted by Crippen LogP contribution is 2.21. The van der Waals surface area contributed by atoms with Gasteiger partial charge in [-0.2, -0.15) is 0 Å². The normalized spacial score (nSPS) is 14.8. The quantitative estimate of drug-likeness (QED) is 0.882. The van der Waals surface area contributed by atoms with Gasteiger partial charge in [-0.3, -0.25) is 9.59 Å². The maximum absolute atomic E-state index is 12.7. The van der Waals surface area contributed by atoms with Crippen molar-refractivity contribution in [3.63, 3.8) is 0 Å². The highest BCUT2D eigenvalue weighted by Gasteiger charge is 2.28. The fourth-order valence-electron chi connectivity index (χ4n) is 3.21. The van der Waals surface area contributed by atoms with E-state index < -0.39 is 0 Å². The molecule has 0 aliphatic carbocycles. The molecule has 0 spiro atoms. The Morgan fingerprint density at radius 1 is 1.15 bits per heavy atom. The van der Waals surface area contributed by atoms with Crippen molar-refractivity contribution in [2.75, 3.05) is 25.5 Å². The first-order valence-corrected chi connectivity index (χ1v) is 9.17. The van der Waals surface area contributed by atoms with Crippen LogP contribution in [0, 0.1) is 12.8 Å². The molecule has 0 radical (unpaired) electrons. The topological polar surface area (TPSA) is 71.5 Å². The number of rotatable bonds is 5. The zero-order valence-corrected chi connectivity index (χ0v) is 15.8. The van der Waals surface area contributed by atoms with Crippen LogP contribution in [0.3, 0.4) is 0 Å². The number of carbonyl (C=O) groups excluding carboxylic acids is 2. The maximum Gasteiger partial charge on any atom is 0.253 e. The van der Waals surface area contributed by atoms with E-state index in [1.807, 2.05) is 42.2 Å². The zero-order valence-electron chi connectivity index (χ0n) is 15.8. The Morgan fingerprint density at radius 2 is 1.85 bits per heavy atom. The monoisotopic (exact) mass is 367 g/mol. The highest BCUT2D eigenvalue weighted by molar-refractivity contribution is 5.95. The number of nitrogens with zero attached hydrogens (tertiary/aromatic N) is 2. The van der Waals surface area contributed by atoms with Gasteiger partial charge in [-0.1, -0.05) is 18.2 Å². The van der Waals surface area contributed by atoms with Crippen molar-refractivity contribution in [3.8, 4) is 0 Å². The first-order valence-electron chi connectivity index (χ1n) is 9.17. The minimum atomic E-state index is -0.0961. The molecular formula is C21H25N3O3. The van der Waals surface area contributed by atoms with Gasteiger partial charge in [0.05, 0.1) is 6.61 Å². The lowest BCUT2D eigenvalue weighted by Crippen LogP contribution is -2.41. The fourth-order valence-corrected chi connectivity index (χ4v) is 3.21. The van der Waals surface area contributed by atoms with Crippen LogP contribution in [0.2, 0.25) is 0 Å². The van der Waals surface area contributed by atoms with Gasteiger partial charge in [-0.25, -0.2) is 4.98 Å². The van der Waals surface area contributed by atoms with E-state index in [1.54, 1.807) is 19.4 Å². The van der Waals surface area contributed by atoms with E-state index >= 15 is 0 Å². The molecule has 1 aromatic carbocycles. The summed E-state index contributed by atoms with van der Waals surface area (Å²) in [5.41, 5.74) is 2.76. The van der Waals surface area contributed by atoms with Gasteiger partial charge in [-0.15, -0.1) is 0 Å². The van der Waals surface area contributed by atoms with Crippen LogP contribution in [-0.2, 0) is 16.1 Å². The standard InChI is InChI=1S/C21H25N3O3/c1-15-3-8-19(22-13-15)23-20(25)17-9-11-24(12-10-17)21(26)18-6-4-16(5-7-18)14-27-2/h3-8,13,17H,9-12,14H2,1-2H3,(H,22,23,25). The molecule has 1 aliphatic heterocycles. The number of likely N-dealkylation sites (tertiary alicyclic amines) is 1. The van der Waals surface area contributed by atoms with Crippen LogP contribution in [0.1, 0.15) is 34.3 Å². The number of piperidine rings is 1. The van der Waals surface area contributed by atoms with Gasteiger partial charge in [0.1, 0.15) is 5.82 Å². The number of methoxy groups -OCH3 is 1. The second kappa shape index (κ2) is 8.77. The van der Waals surface area contributed by atoms with E-state index in [4.69, 9.17) is 4.74 Å². The van der Waals surface area contributed by atoms with Crippen molar-refractivity contribution in [2.45, 2.75) is 26.4 Å². The molecule has 1 fully saturated rings. The van der Waals surface area contributed by atoms with Crippen molar-refractivity contribution >= 4 is 17.6 Å². The second-order valence-corrected chi connectivity index (χ2v) is 6.91. The molecule has 1 aliphatic rings. The Kier molecular flexibility index (Phi) is 6.19. The summed E-state index contributed by atoms with van der Waals surface area (Å²) < 4.78 is 5.09. The number of aromatic nitrogens is 1. The Labute approximate surface area is 159 Å². The van der Waals surface area contributed by atoms with Crippen molar-refractivity contribution < 1.29 is 14.3 Å². The third kappa shape index (κ3) is 4.92. The van der Waals surface area contributed by atoms with Gasteiger partial charge in [0.2, 0.25) is 5.91 Å². The lowest BCUT2D eigenvalue weighted by molar-refractivity contribution is -0.121. The van der Waals surface area contributed by atoms with Crippen LogP contribution in [0.25, 0.3) is 0 Å². The van der Waals surface area contributed by atoms with Gasteiger partial charge in [-0.05, 0) is 49.1 Å². The van der Waals surface area contributed by atoms with E-state index in [-0.39, 0.29) is 17.7 Å². The van der Waals surface area contributed by atoms with Crippen LogP contribution in [0.5, 0.6) is 0 Å². The molecule has 1 aromatic heterocycles. The van der Waals surface area contributed by atoms with Gasteiger partial charge in [0.15, 0.2) is 0 Å². The van der Waals surface area contributed by atoms with Crippen molar-refractivity contribution in [3.05, 3.63) is 59.3 Å². The Hall–Kier alpha value is -2.73. The van der Waals surface area contributed by atoms with E-state index in [0.717, 1.165) is 11.1 Å². The third-order valence-electron chi connectivity index (χ3n) is 4.83. The zero-order chi connectivity index (χ0) is 19.2. The molecule has 1 N–H and O–H groups in total. The SMILES string of the molecule is COCc1ccc(C(=O)N2CCC(C(=O)Nc3ccc(C)cn3)CC2)cc1.